The average Bonchev–Trinajstić information content (AvgIpc) is 2.54. The van der Waals surface area contributed by atoms with Crippen LogP contribution in [-0.4, -0.2) is 37.0 Å². The molecule has 0 aromatic heterocycles. The molecule has 0 radical (unpaired) electrons. The Balaban J connectivity index is 1.58. The Labute approximate surface area is 127 Å². The summed E-state index contributed by atoms with van der Waals surface area (Å²) < 4.78 is 11.5. The molecule has 2 N–H and O–H groups in total. The van der Waals surface area contributed by atoms with Crippen LogP contribution in [0.2, 0.25) is 0 Å². The van der Waals surface area contributed by atoms with Crippen molar-refractivity contribution in [3.63, 3.8) is 0 Å². The number of hydrogen-bond donors (Lipinski definition) is 2. The van der Waals surface area contributed by atoms with Crippen LogP contribution in [0.1, 0.15) is 57.8 Å². The Hall–Kier alpha value is -0.650. The fraction of sp³-hybridized carbons (Fsp3) is 0.938. The Morgan fingerprint density at radius 3 is 2.14 bits per heavy atom. The van der Waals surface area contributed by atoms with Gasteiger partial charge in [-0.25, -0.2) is 5.48 Å². The molecule has 2 fully saturated rings. The van der Waals surface area contributed by atoms with Gasteiger partial charge in [0, 0.05) is 20.1 Å². The fourth-order valence-electron chi connectivity index (χ4n) is 3.62. The molecule has 21 heavy (non-hydrogen) atoms. The van der Waals surface area contributed by atoms with E-state index in [0.717, 1.165) is 45.1 Å². The van der Waals surface area contributed by atoms with Crippen molar-refractivity contribution in [3.05, 3.63) is 0 Å². The van der Waals surface area contributed by atoms with E-state index in [4.69, 9.17) is 14.7 Å². The smallest absolute Gasteiger partial charge is 0.243 e. The highest BCUT2D eigenvalue weighted by molar-refractivity contribution is 5.74. The largest absolute Gasteiger partial charge is 0.381 e. The Morgan fingerprint density at radius 1 is 1.00 bits per heavy atom. The second-order valence-electron chi connectivity index (χ2n) is 6.59. The first-order valence-electron chi connectivity index (χ1n) is 8.28. The van der Waals surface area contributed by atoms with Crippen molar-refractivity contribution < 1.29 is 19.5 Å². The molecule has 2 aliphatic carbocycles. The zero-order chi connectivity index (χ0) is 15.1. The maximum atomic E-state index is 11.1. The number of rotatable bonds is 6. The van der Waals surface area contributed by atoms with Gasteiger partial charge in [-0.1, -0.05) is 0 Å². The molecule has 0 spiro atoms. The summed E-state index contributed by atoms with van der Waals surface area (Å²) in [6, 6.07) is 0. The van der Waals surface area contributed by atoms with Crippen molar-refractivity contribution in [2.45, 2.75) is 70.0 Å². The molecule has 0 aromatic carbocycles. The molecule has 0 aliphatic heterocycles. The maximum Gasteiger partial charge on any atom is 0.243 e. The molecule has 2 aliphatic rings. The summed E-state index contributed by atoms with van der Waals surface area (Å²) >= 11 is 0. The van der Waals surface area contributed by atoms with Crippen molar-refractivity contribution in [3.8, 4) is 0 Å². The van der Waals surface area contributed by atoms with Crippen LogP contribution in [0, 0.1) is 11.8 Å². The summed E-state index contributed by atoms with van der Waals surface area (Å²) in [5.74, 6) is 0.817. The van der Waals surface area contributed by atoms with Gasteiger partial charge in [0.1, 0.15) is 0 Å². The second kappa shape index (κ2) is 8.71. The van der Waals surface area contributed by atoms with E-state index in [-0.39, 0.29) is 5.91 Å². The highest BCUT2D eigenvalue weighted by Crippen LogP contribution is 2.31. The molecule has 0 atom stereocenters. The van der Waals surface area contributed by atoms with E-state index in [1.807, 2.05) is 0 Å². The molecule has 0 bridgehead atoms. The van der Waals surface area contributed by atoms with Gasteiger partial charge in [0.25, 0.3) is 0 Å². The van der Waals surface area contributed by atoms with Gasteiger partial charge in [-0.05, 0) is 63.2 Å². The lowest BCUT2D eigenvalue weighted by Gasteiger charge is -2.31. The van der Waals surface area contributed by atoms with Gasteiger partial charge >= 0.3 is 0 Å². The predicted molar refractivity (Wildman–Crippen MR) is 79.0 cm³/mol. The molecule has 0 aromatic rings. The lowest BCUT2D eigenvalue weighted by Crippen LogP contribution is -2.29. The van der Waals surface area contributed by atoms with Crippen LogP contribution in [0.25, 0.3) is 0 Å². The molecule has 0 saturated heterocycles. The SMILES string of the molecule is COC1CCC(COC2CCC(CC(=O)NO)CC2)CC1. The van der Waals surface area contributed by atoms with E-state index in [1.54, 1.807) is 12.6 Å². The van der Waals surface area contributed by atoms with Gasteiger partial charge in [-0.2, -0.15) is 0 Å². The van der Waals surface area contributed by atoms with Crippen LogP contribution in [-0.2, 0) is 14.3 Å². The minimum Gasteiger partial charge on any atom is -0.381 e. The van der Waals surface area contributed by atoms with Crippen LogP contribution in [0.15, 0.2) is 0 Å². The molecule has 5 heteroatoms. The lowest BCUT2D eigenvalue weighted by molar-refractivity contribution is -0.130. The van der Waals surface area contributed by atoms with Crippen LogP contribution in [0.5, 0.6) is 0 Å². The normalized spacial score (nSPS) is 33.6. The fourth-order valence-corrected chi connectivity index (χ4v) is 3.62. The minimum atomic E-state index is -0.269. The Bertz CT molecular complexity index is 307. The highest BCUT2D eigenvalue weighted by atomic mass is 16.5. The number of ether oxygens (including phenoxy) is 2. The van der Waals surface area contributed by atoms with Crippen LogP contribution >= 0.6 is 0 Å². The summed E-state index contributed by atoms with van der Waals surface area (Å²) in [7, 11) is 1.80. The molecule has 0 unspecified atom stereocenters. The van der Waals surface area contributed by atoms with Crippen molar-refractivity contribution in [2.24, 2.45) is 11.8 Å². The Kier molecular flexibility index (Phi) is 6.93. The van der Waals surface area contributed by atoms with Gasteiger partial charge in [0.05, 0.1) is 12.2 Å². The summed E-state index contributed by atoms with van der Waals surface area (Å²) in [6.07, 6.45) is 10.1. The number of methoxy groups -OCH3 is 1. The number of hydrogen-bond acceptors (Lipinski definition) is 4. The van der Waals surface area contributed by atoms with E-state index in [2.05, 4.69) is 0 Å². The number of carbonyl (C=O) groups is 1. The molecule has 2 rings (SSSR count). The van der Waals surface area contributed by atoms with Gasteiger partial charge in [-0.3, -0.25) is 10.0 Å². The van der Waals surface area contributed by atoms with Crippen molar-refractivity contribution >= 4 is 5.91 Å². The zero-order valence-corrected chi connectivity index (χ0v) is 13.1. The Morgan fingerprint density at radius 2 is 1.57 bits per heavy atom. The number of hydroxylamine groups is 1. The van der Waals surface area contributed by atoms with E-state index in [0.29, 0.717) is 30.5 Å². The number of nitrogens with one attached hydrogen (secondary N) is 1. The number of amides is 1. The van der Waals surface area contributed by atoms with Gasteiger partial charge in [0.2, 0.25) is 5.91 Å². The van der Waals surface area contributed by atoms with E-state index in [9.17, 15) is 4.79 Å². The van der Waals surface area contributed by atoms with Crippen molar-refractivity contribution in [1.29, 1.82) is 0 Å². The average molecular weight is 299 g/mol. The third kappa shape index (κ3) is 5.57. The third-order valence-electron chi connectivity index (χ3n) is 5.09. The summed E-state index contributed by atoms with van der Waals surface area (Å²) in [5, 5.41) is 8.55. The summed E-state index contributed by atoms with van der Waals surface area (Å²) in [4.78, 5) is 11.1. The lowest BCUT2D eigenvalue weighted by atomic mass is 9.84. The molecule has 0 heterocycles. The van der Waals surface area contributed by atoms with E-state index >= 15 is 0 Å². The van der Waals surface area contributed by atoms with Gasteiger partial charge < -0.3 is 9.47 Å². The zero-order valence-electron chi connectivity index (χ0n) is 13.1. The van der Waals surface area contributed by atoms with Crippen molar-refractivity contribution in [1.82, 2.24) is 5.48 Å². The first-order chi connectivity index (χ1) is 10.2. The maximum absolute atomic E-state index is 11.1. The van der Waals surface area contributed by atoms with Crippen LogP contribution < -0.4 is 5.48 Å². The monoisotopic (exact) mass is 299 g/mol. The van der Waals surface area contributed by atoms with Crippen LogP contribution in [0.4, 0.5) is 0 Å². The van der Waals surface area contributed by atoms with Gasteiger partial charge in [-0.15, -0.1) is 0 Å². The summed E-state index contributed by atoms with van der Waals surface area (Å²) in [5.41, 5.74) is 1.72. The first kappa shape index (κ1) is 16.7. The molecule has 122 valence electrons. The summed E-state index contributed by atoms with van der Waals surface area (Å²) in [6.45, 7) is 0.878. The molecule has 1 amide bonds. The second-order valence-corrected chi connectivity index (χ2v) is 6.59. The molecule has 2 saturated carbocycles. The molecular weight excluding hydrogens is 270 g/mol. The van der Waals surface area contributed by atoms with Crippen LogP contribution in [0.3, 0.4) is 0 Å². The van der Waals surface area contributed by atoms with E-state index < -0.39 is 0 Å². The third-order valence-corrected chi connectivity index (χ3v) is 5.09. The topological polar surface area (TPSA) is 67.8 Å². The first-order valence-corrected chi connectivity index (χ1v) is 8.28. The van der Waals surface area contributed by atoms with Crippen molar-refractivity contribution in [2.75, 3.05) is 13.7 Å². The predicted octanol–water partition coefficient (Wildman–Crippen LogP) is 2.66. The highest BCUT2D eigenvalue weighted by Gasteiger charge is 2.26. The number of carbonyl (C=O) groups excluding carboxylic acids is 1. The standard InChI is InChI=1S/C16H29NO4/c1-20-14-6-4-13(5-7-14)11-21-15-8-2-12(3-9-15)10-16(18)17-19/h12-15,19H,2-11H2,1H3,(H,17,18). The van der Waals surface area contributed by atoms with E-state index in [1.165, 1.54) is 12.8 Å². The molecule has 5 nitrogen and oxygen atoms in total. The van der Waals surface area contributed by atoms with Gasteiger partial charge in [0.15, 0.2) is 0 Å². The quantitative estimate of drug-likeness (QED) is 0.584. The minimum absolute atomic E-state index is 0.269. The molecular formula is C16H29NO4.